The molecule has 11 heteroatoms. The Morgan fingerprint density at radius 3 is 2.27 bits per heavy atom. The van der Waals surface area contributed by atoms with E-state index in [4.69, 9.17) is 14.2 Å². The van der Waals surface area contributed by atoms with Crippen molar-refractivity contribution in [2.24, 2.45) is 11.3 Å². The fraction of sp³-hybridized carbons (Fsp3) is 0.395. The van der Waals surface area contributed by atoms with Crippen LogP contribution in [0.25, 0.3) is 10.9 Å². The summed E-state index contributed by atoms with van der Waals surface area (Å²) in [5.41, 5.74) is -0.108. The highest BCUT2D eigenvalue weighted by atomic mass is 19.1. The molecule has 1 saturated carbocycles. The quantitative estimate of drug-likeness (QED) is 0.139. The van der Waals surface area contributed by atoms with Gasteiger partial charge in [-0.1, -0.05) is 13.3 Å². The summed E-state index contributed by atoms with van der Waals surface area (Å²) in [5.74, 6) is -0.296. The number of carbonyl (C=O) groups excluding carboxylic acids is 2. The molecule has 6 rings (SSSR count). The van der Waals surface area contributed by atoms with Crippen molar-refractivity contribution in [1.82, 2.24) is 9.88 Å². The molecule has 2 N–H and O–H groups in total. The average molecular weight is 673 g/mol. The molecule has 2 aliphatic rings. The van der Waals surface area contributed by atoms with Gasteiger partial charge in [-0.05, 0) is 107 Å². The molecule has 3 aromatic carbocycles. The van der Waals surface area contributed by atoms with Crippen molar-refractivity contribution in [2.45, 2.75) is 58.4 Å². The number of carbonyl (C=O) groups is 2. The summed E-state index contributed by atoms with van der Waals surface area (Å²) in [6.45, 7) is 7.27. The second kappa shape index (κ2) is 14.8. The molecule has 258 valence electrons. The number of halogens is 2. The molecule has 1 aliphatic heterocycles. The number of methoxy groups -OCH3 is 1. The number of fused-ring (bicyclic) bond motifs is 1. The largest absolute Gasteiger partial charge is 0.493 e. The van der Waals surface area contributed by atoms with E-state index < -0.39 is 28.9 Å². The fourth-order valence-corrected chi connectivity index (χ4v) is 6.35. The Labute approximate surface area is 284 Å². The Bertz CT molecular complexity index is 1810. The smallest absolute Gasteiger partial charge is 0.240 e. The number of nitrogens with zero attached hydrogens (tertiary/aromatic N) is 2. The first-order valence-electron chi connectivity index (χ1n) is 16.9. The first kappa shape index (κ1) is 34.1. The minimum Gasteiger partial charge on any atom is -0.493 e. The van der Waals surface area contributed by atoms with Gasteiger partial charge in [0, 0.05) is 41.1 Å². The van der Waals surface area contributed by atoms with Gasteiger partial charge in [0.1, 0.15) is 17.0 Å². The zero-order valence-corrected chi connectivity index (χ0v) is 28.1. The second-order valence-corrected chi connectivity index (χ2v) is 13.0. The molecule has 0 bridgehead atoms. The average Bonchev–Trinajstić information content (AvgIpc) is 3.92. The number of pyridine rings is 1. The Morgan fingerprint density at radius 1 is 0.918 bits per heavy atom. The van der Waals surface area contributed by atoms with Crippen LogP contribution in [0.3, 0.4) is 0 Å². The number of nitrogens with one attached hydrogen (secondary N) is 2. The molecule has 1 saturated heterocycles. The molecule has 2 amide bonds. The number of ether oxygens (including phenoxy) is 3. The van der Waals surface area contributed by atoms with Gasteiger partial charge < -0.3 is 29.7 Å². The van der Waals surface area contributed by atoms with Crippen LogP contribution in [0.1, 0.15) is 52.4 Å². The number of likely N-dealkylation sites (tertiary alicyclic amines) is 1. The molecule has 0 spiro atoms. The molecule has 4 aromatic rings. The second-order valence-electron chi connectivity index (χ2n) is 13.0. The maximum atomic E-state index is 15.3. The summed E-state index contributed by atoms with van der Waals surface area (Å²) in [4.78, 5) is 33.0. The lowest BCUT2D eigenvalue weighted by Crippen LogP contribution is -2.41. The Morgan fingerprint density at radius 2 is 1.61 bits per heavy atom. The minimum atomic E-state index is -1.28. The summed E-state index contributed by atoms with van der Waals surface area (Å²) in [6, 6.07) is 15.2. The summed E-state index contributed by atoms with van der Waals surface area (Å²) in [5, 5.41) is 5.93. The molecule has 1 aromatic heterocycles. The number of hydrogen-bond donors (Lipinski definition) is 2. The highest BCUT2D eigenvalue weighted by molar-refractivity contribution is 6.16. The van der Waals surface area contributed by atoms with Crippen molar-refractivity contribution < 1.29 is 32.6 Å². The number of aromatic nitrogens is 1. The predicted molar refractivity (Wildman–Crippen MR) is 184 cm³/mol. The van der Waals surface area contributed by atoms with Crippen molar-refractivity contribution in [2.75, 3.05) is 37.4 Å². The summed E-state index contributed by atoms with van der Waals surface area (Å²) < 4.78 is 46.5. The fourth-order valence-electron chi connectivity index (χ4n) is 6.35. The van der Waals surface area contributed by atoms with Gasteiger partial charge in [0.2, 0.25) is 11.8 Å². The van der Waals surface area contributed by atoms with Crippen molar-refractivity contribution >= 4 is 34.1 Å². The van der Waals surface area contributed by atoms with Crippen molar-refractivity contribution in [3.63, 3.8) is 0 Å². The van der Waals surface area contributed by atoms with Gasteiger partial charge in [0.25, 0.3) is 0 Å². The maximum absolute atomic E-state index is 15.3. The lowest BCUT2D eigenvalue weighted by atomic mass is 9.96. The monoisotopic (exact) mass is 672 g/mol. The molecule has 0 radical (unpaired) electrons. The Balaban J connectivity index is 1.09. The van der Waals surface area contributed by atoms with E-state index in [1.165, 1.54) is 49.2 Å². The predicted octanol–water partition coefficient (Wildman–Crippen LogP) is 7.95. The molecule has 9 nitrogen and oxygen atoms in total. The van der Waals surface area contributed by atoms with E-state index in [1.54, 1.807) is 25.4 Å². The van der Waals surface area contributed by atoms with E-state index in [0.717, 1.165) is 32.0 Å². The van der Waals surface area contributed by atoms with Crippen LogP contribution in [-0.4, -0.2) is 54.5 Å². The third kappa shape index (κ3) is 7.77. The lowest BCUT2D eigenvalue weighted by molar-refractivity contribution is -0.131. The van der Waals surface area contributed by atoms with Gasteiger partial charge in [-0.15, -0.1) is 0 Å². The van der Waals surface area contributed by atoms with Gasteiger partial charge in [0.15, 0.2) is 23.1 Å². The number of benzene rings is 3. The zero-order chi connectivity index (χ0) is 34.5. The minimum absolute atomic E-state index is 0.0559. The van der Waals surface area contributed by atoms with E-state index >= 15 is 4.39 Å². The van der Waals surface area contributed by atoms with Gasteiger partial charge in [-0.2, -0.15) is 0 Å². The van der Waals surface area contributed by atoms with Crippen LogP contribution in [-0.2, 0) is 9.59 Å². The molecular weight excluding hydrogens is 630 g/mol. The van der Waals surface area contributed by atoms with Crippen molar-refractivity contribution in [3.8, 4) is 23.0 Å². The number of anilines is 2. The van der Waals surface area contributed by atoms with Crippen LogP contribution in [0, 0.1) is 23.0 Å². The molecule has 1 unspecified atom stereocenters. The van der Waals surface area contributed by atoms with Crippen LogP contribution >= 0.6 is 0 Å². The Hall–Kier alpha value is -4.77. The first-order valence-corrected chi connectivity index (χ1v) is 16.9. The van der Waals surface area contributed by atoms with Crippen molar-refractivity contribution in [1.29, 1.82) is 0 Å². The third-order valence-corrected chi connectivity index (χ3v) is 9.57. The van der Waals surface area contributed by atoms with E-state index in [-0.39, 0.29) is 11.4 Å². The SMILES string of the molecule is CCCC(C)N1CCC(COc2cc3nccc(Oc4ccc(NC(=O)C5(C(=O)Nc6ccc(F)cc6)CC5)cc4F)c3cc2OC)CC1. The van der Waals surface area contributed by atoms with E-state index in [9.17, 15) is 14.0 Å². The van der Waals surface area contributed by atoms with Gasteiger partial charge >= 0.3 is 0 Å². The zero-order valence-electron chi connectivity index (χ0n) is 28.1. The van der Waals surface area contributed by atoms with Crippen LogP contribution in [0.5, 0.6) is 23.0 Å². The van der Waals surface area contributed by atoms with Crippen LogP contribution in [0.4, 0.5) is 20.2 Å². The Kier molecular flexibility index (Phi) is 10.3. The van der Waals surface area contributed by atoms with E-state index in [2.05, 4.69) is 34.4 Å². The highest BCUT2D eigenvalue weighted by Gasteiger charge is 2.56. The van der Waals surface area contributed by atoms with Gasteiger partial charge in [-0.25, -0.2) is 8.78 Å². The lowest BCUT2D eigenvalue weighted by Gasteiger charge is -2.36. The number of amides is 2. The number of hydrogen-bond acceptors (Lipinski definition) is 7. The molecular formula is C38H42F2N4O5. The normalized spacial score (nSPS) is 16.5. The van der Waals surface area contributed by atoms with Crippen LogP contribution in [0.2, 0.25) is 0 Å². The molecule has 1 atom stereocenters. The molecule has 1 aliphatic carbocycles. The number of rotatable bonds is 13. The molecule has 2 fully saturated rings. The third-order valence-electron chi connectivity index (χ3n) is 9.57. The topological polar surface area (TPSA) is 102 Å². The van der Waals surface area contributed by atoms with Gasteiger partial charge in [-0.3, -0.25) is 14.6 Å². The van der Waals surface area contributed by atoms with Crippen LogP contribution < -0.4 is 24.8 Å². The summed E-state index contributed by atoms with van der Waals surface area (Å²) >= 11 is 0. The molecule has 49 heavy (non-hydrogen) atoms. The first-order chi connectivity index (χ1) is 23.7. The van der Waals surface area contributed by atoms with Crippen molar-refractivity contribution in [3.05, 3.63) is 78.5 Å². The maximum Gasteiger partial charge on any atom is 0.240 e. The van der Waals surface area contributed by atoms with Crippen LogP contribution in [0.15, 0.2) is 66.9 Å². The highest BCUT2D eigenvalue weighted by Crippen LogP contribution is 2.48. The van der Waals surface area contributed by atoms with Gasteiger partial charge in [0.05, 0.1) is 19.2 Å². The van der Waals surface area contributed by atoms with E-state index in [1.807, 2.05) is 6.07 Å². The summed E-state index contributed by atoms with van der Waals surface area (Å²) in [6.07, 6.45) is 6.86. The number of piperidine rings is 1. The molecule has 2 heterocycles. The van der Waals surface area contributed by atoms with E-state index in [0.29, 0.717) is 65.2 Å². The standard InChI is InChI=1S/C38H42F2N4O5/c1-4-5-24(2)44-18-13-25(14-19-44)23-48-35-22-31-29(21-34(35)47-3)32(12-17-41-31)49-33-11-10-28(20-30(33)40)43-37(46)38(15-16-38)36(45)42-27-8-6-26(39)7-9-27/h6-12,17,20-22,24-25H,4-5,13-16,18-19,23H2,1-3H3,(H,42,45)(H,43,46). The summed E-state index contributed by atoms with van der Waals surface area (Å²) in [7, 11) is 1.57.